The number of anilines is 1. The lowest BCUT2D eigenvalue weighted by atomic mass is 10.2. The first-order valence-corrected chi connectivity index (χ1v) is 5.44. The Hall–Kier alpha value is -1.37. The molecular formula is C11H14FN2O3-. The Morgan fingerprint density at radius 2 is 2.24 bits per heavy atom. The summed E-state index contributed by atoms with van der Waals surface area (Å²) in [6.07, 6.45) is 2.14. The van der Waals surface area contributed by atoms with E-state index in [1.165, 1.54) is 6.07 Å². The molecule has 1 aromatic rings. The molecule has 6 heteroatoms. The predicted octanol–water partition coefficient (Wildman–Crippen LogP) is 1.78. The second-order valence-electron chi connectivity index (χ2n) is 4.20. The lowest BCUT2D eigenvalue weighted by Gasteiger charge is -2.25. The number of ether oxygens (including phenoxy) is 1. The highest BCUT2D eigenvalue weighted by molar-refractivity contribution is 5.57. The minimum absolute atomic E-state index is 0.0431. The second-order valence-corrected chi connectivity index (χ2v) is 4.20. The van der Waals surface area contributed by atoms with Gasteiger partial charge in [-0.1, -0.05) is 0 Å². The average Bonchev–Trinajstić information content (AvgIpc) is 2.63. The molecule has 1 aliphatic carbocycles. The summed E-state index contributed by atoms with van der Waals surface area (Å²) in [6.45, 7) is 0. The fourth-order valence-corrected chi connectivity index (χ4v) is 2.00. The third-order valence-electron chi connectivity index (χ3n) is 2.85. The van der Waals surface area contributed by atoms with Crippen LogP contribution in [-0.4, -0.2) is 17.4 Å². The van der Waals surface area contributed by atoms with Crippen LogP contribution in [0.15, 0.2) is 18.2 Å². The molecule has 3 N–H and O–H groups in total. The third kappa shape index (κ3) is 2.85. The average molecular weight is 241 g/mol. The smallest absolute Gasteiger partial charge is 0.147 e. The van der Waals surface area contributed by atoms with E-state index in [-0.39, 0.29) is 28.8 Å². The first kappa shape index (κ1) is 12.1. The van der Waals surface area contributed by atoms with E-state index < -0.39 is 5.82 Å². The van der Waals surface area contributed by atoms with Gasteiger partial charge in [0, 0.05) is 12.1 Å². The molecule has 0 unspecified atom stereocenters. The van der Waals surface area contributed by atoms with Crippen molar-refractivity contribution in [2.45, 2.75) is 31.4 Å². The van der Waals surface area contributed by atoms with Gasteiger partial charge in [0.25, 0.3) is 0 Å². The van der Waals surface area contributed by atoms with Crippen molar-refractivity contribution < 1.29 is 14.3 Å². The van der Waals surface area contributed by atoms with Crippen LogP contribution in [-0.2, 0) is 0 Å². The van der Waals surface area contributed by atoms with Crippen LogP contribution < -0.4 is 15.7 Å². The van der Waals surface area contributed by atoms with Gasteiger partial charge in [-0.3, -0.25) is 5.21 Å². The fraction of sp³-hybridized carbons (Fsp3) is 0.455. The van der Waals surface area contributed by atoms with Crippen LogP contribution >= 0.6 is 0 Å². The van der Waals surface area contributed by atoms with Crippen molar-refractivity contribution >= 4 is 5.69 Å². The summed E-state index contributed by atoms with van der Waals surface area (Å²) in [7, 11) is 0. The van der Waals surface area contributed by atoms with Crippen molar-refractivity contribution in [3.63, 3.8) is 0 Å². The first-order valence-electron chi connectivity index (χ1n) is 5.44. The fourth-order valence-electron chi connectivity index (χ4n) is 2.00. The molecule has 1 aromatic carbocycles. The summed E-state index contributed by atoms with van der Waals surface area (Å²) in [5.41, 5.74) is 5.63. The molecule has 2 atom stereocenters. The minimum atomic E-state index is -0.520. The number of halogens is 1. The largest absolute Gasteiger partial charge is 0.733 e. The molecule has 0 spiro atoms. The van der Waals surface area contributed by atoms with Crippen LogP contribution in [0.1, 0.15) is 19.3 Å². The molecule has 1 aliphatic rings. The van der Waals surface area contributed by atoms with E-state index in [0.717, 1.165) is 25.0 Å². The highest BCUT2D eigenvalue weighted by atomic mass is 19.1. The van der Waals surface area contributed by atoms with Crippen LogP contribution in [0.5, 0.6) is 5.75 Å². The molecule has 0 radical (unpaired) electrons. The van der Waals surface area contributed by atoms with Crippen molar-refractivity contribution in [1.82, 2.24) is 0 Å². The van der Waals surface area contributed by atoms with Gasteiger partial charge in [0.1, 0.15) is 17.7 Å². The maximum Gasteiger partial charge on any atom is 0.147 e. The highest BCUT2D eigenvalue weighted by Gasteiger charge is 2.24. The Bertz CT molecular complexity index is 400. The maximum absolute atomic E-state index is 13.1. The molecule has 0 amide bonds. The normalized spacial score (nSPS) is 23.8. The van der Waals surface area contributed by atoms with Crippen LogP contribution in [0.4, 0.5) is 10.1 Å². The zero-order valence-electron chi connectivity index (χ0n) is 9.17. The number of hydrogen-bond donors (Lipinski definition) is 2. The summed E-state index contributed by atoms with van der Waals surface area (Å²) >= 11 is 0. The van der Waals surface area contributed by atoms with Gasteiger partial charge in [-0.2, -0.15) is 0 Å². The Kier molecular flexibility index (Phi) is 3.46. The molecule has 0 aromatic heterocycles. The molecule has 0 aliphatic heterocycles. The zero-order chi connectivity index (χ0) is 12.4. The van der Waals surface area contributed by atoms with E-state index in [9.17, 15) is 9.60 Å². The number of benzene rings is 1. The Morgan fingerprint density at radius 1 is 1.47 bits per heavy atom. The number of nitrogens with two attached hydrogens (primary N) is 1. The van der Waals surface area contributed by atoms with E-state index in [1.54, 1.807) is 0 Å². The number of hydrogen-bond acceptors (Lipinski definition) is 5. The lowest BCUT2D eigenvalue weighted by Crippen LogP contribution is -2.20. The lowest BCUT2D eigenvalue weighted by molar-refractivity contribution is 0.203. The zero-order valence-corrected chi connectivity index (χ0v) is 9.17. The van der Waals surface area contributed by atoms with Crippen molar-refractivity contribution in [1.29, 1.82) is 0 Å². The van der Waals surface area contributed by atoms with E-state index in [0.29, 0.717) is 6.42 Å². The van der Waals surface area contributed by atoms with Gasteiger partial charge in [-0.15, -0.1) is 0 Å². The molecule has 94 valence electrons. The quantitative estimate of drug-likeness (QED) is 0.788. The van der Waals surface area contributed by atoms with Gasteiger partial charge in [0.2, 0.25) is 0 Å². The van der Waals surface area contributed by atoms with Gasteiger partial charge in [-0.25, -0.2) is 4.39 Å². The maximum atomic E-state index is 13.1. The molecule has 1 saturated carbocycles. The molecule has 2 rings (SSSR count). The topological polar surface area (TPSA) is 81.8 Å². The number of rotatable bonds is 3. The number of nitrogens with zero attached hydrogens (tertiary/aromatic N) is 1. The summed E-state index contributed by atoms with van der Waals surface area (Å²) in [5, 5.41) is 19.4. The monoisotopic (exact) mass is 241 g/mol. The van der Waals surface area contributed by atoms with Crippen LogP contribution in [0.25, 0.3) is 0 Å². The molecule has 1 fully saturated rings. The van der Waals surface area contributed by atoms with Gasteiger partial charge in [0.15, 0.2) is 0 Å². The van der Waals surface area contributed by atoms with Gasteiger partial charge < -0.3 is 20.9 Å². The van der Waals surface area contributed by atoms with Crippen molar-refractivity contribution in [2.75, 3.05) is 5.23 Å². The first-order chi connectivity index (χ1) is 8.06. The van der Waals surface area contributed by atoms with Gasteiger partial charge in [-0.05, 0) is 31.4 Å². The predicted molar refractivity (Wildman–Crippen MR) is 60.3 cm³/mol. The van der Waals surface area contributed by atoms with E-state index in [2.05, 4.69) is 0 Å². The van der Waals surface area contributed by atoms with Crippen molar-refractivity contribution in [3.8, 4) is 5.75 Å². The van der Waals surface area contributed by atoms with E-state index >= 15 is 0 Å². The van der Waals surface area contributed by atoms with E-state index in [4.69, 9.17) is 15.7 Å². The Labute approximate surface area is 98.1 Å². The van der Waals surface area contributed by atoms with Crippen molar-refractivity contribution in [2.24, 2.45) is 5.73 Å². The molecule has 0 heterocycles. The molecule has 5 nitrogen and oxygen atoms in total. The molecular weight excluding hydrogens is 227 g/mol. The summed E-state index contributed by atoms with van der Waals surface area (Å²) < 4.78 is 18.6. The Morgan fingerprint density at radius 3 is 2.82 bits per heavy atom. The minimum Gasteiger partial charge on any atom is -0.733 e. The van der Waals surface area contributed by atoms with Gasteiger partial charge >= 0.3 is 0 Å². The van der Waals surface area contributed by atoms with Crippen LogP contribution in [0.3, 0.4) is 0 Å². The molecule has 17 heavy (non-hydrogen) atoms. The van der Waals surface area contributed by atoms with Gasteiger partial charge in [0.05, 0.1) is 5.69 Å². The molecule has 0 saturated heterocycles. The molecule has 0 bridgehead atoms. The Balaban J connectivity index is 2.16. The highest BCUT2D eigenvalue weighted by Crippen LogP contribution is 2.31. The van der Waals surface area contributed by atoms with Crippen molar-refractivity contribution in [3.05, 3.63) is 29.2 Å². The SMILES string of the molecule is N[C@H]1CC[C@H](Oc2cc(F)ccc2N([O-])O)C1. The van der Waals surface area contributed by atoms with Crippen LogP contribution in [0.2, 0.25) is 0 Å². The van der Waals surface area contributed by atoms with Crippen LogP contribution in [0, 0.1) is 11.0 Å². The standard InChI is InChI=1S/C11H14FN2O3/c12-7-1-4-10(14(15)16)11(5-7)17-9-3-2-8(13)6-9/h1,4-5,8-9,15H,2-3,6,13H2/q-1/t8-,9-/m0/s1. The summed E-state index contributed by atoms with van der Waals surface area (Å²) in [4.78, 5) is 0. The summed E-state index contributed by atoms with van der Waals surface area (Å²) in [5.74, 6) is -0.477. The van der Waals surface area contributed by atoms with E-state index in [1.807, 2.05) is 0 Å². The third-order valence-corrected chi connectivity index (χ3v) is 2.85. The summed E-state index contributed by atoms with van der Waals surface area (Å²) in [6, 6.07) is 3.42. The second kappa shape index (κ2) is 4.87.